The second-order valence-electron chi connectivity index (χ2n) is 4.00. The van der Waals surface area contributed by atoms with E-state index in [4.69, 9.17) is 10.9 Å². The second kappa shape index (κ2) is 5.58. The van der Waals surface area contributed by atoms with Crippen molar-refractivity contribution in [1.82, 2.24) is 5.32 Å². The maximum absolute atomic E-state index is 11.6. The Kier molecular flexibility index (Phi) is 4.39. The summed E-state index contributed by atoms with van der Waals surface area (Å²) < 4.78 is 0. The number of carbonyl (C=O) groups excluding carboxylic acids is 1. The summed E-state index contributed by atoms with van der Waals surface area (Å²) in [5.41, 5.74) is 5.50. The minimum Gasteiger partial charge on any atom is -0.409 e. The number of carbonyl (C=O) groups is 1. The van der Waals surface area contributed by atoms with Crippen LogP contribution in [-0.2, 0) is 4.79 Å². The fourth-order valence-electron chi connectivity index (χ4n) is 1.61. The Morgan fingerprint density at radius 2 is 2.33 bits per heavy atom. The lowest BCUT2D eigenvalue weighted by Crippen LogP contribution is -2.47. The first kappa shape index (κ1) is 11.8. The summed E-state index contributed by atoms with van der Waals surface area (Å²) in [4.78, 5) is 11.6. The standard InChI is InChI=1S/C10H19N3O2/c1-2-4-8(9(11)13-15)12-10(14)7-5-3-6-7/h7-8,15H,2-6H2,1H3,(H2,11,13)(H,12,14). The minimum absolute atomic E-state index is 0.0336. The molecule has 0 aromatic rings. The molecule has 1 rings (SSSR count). The van der Waals surface area contributed by atoms with Crippen molar-refractivity contribution in [2.45, 2.75) is 45.1 Å². The molecule has 1 aliphatic carbocycles. The van der Waals surface area contributed by atoms with Gasteiger partial charge in [0.05, 0.1) is 6.04 Å². The van der Waals surface area contributed by atoms with Gasteiger partial charge < -0.3 is 16.3 Å². The minimum atomic E-state index is -0.326. The maximum atomic E-state index is 11.6. The van der Waals surface area contributed by atoms with E-state index in [9.17, 15) is 4.79 Å². The molecule has 86 valence electrons. The molecular formula is C10H19N3O2. The van der Waals surface area contributed by atoms with Crippen LogP contribution in [0.3, 0.4) is 0 Å². The van der Waals surface area contributed by atoms with E-state index < -0.39 is 0 Å². The molecule has 15 heavy (non-hydrogen) atoms. The average Bonchev–Trinajstić information content (AvgIpc) is 2.13. The lowest BCUT2D eigenvalue weighted by molar-refractivity contribution is -0.127. The van der Waals surface area contributed by atoms with Crippen molar-refractivity contribution in [2.75, 3.05) is 0 Å². The quantitative estimate of drug-likeness (QED) is 0.273. The number of nitrogens with zero attached hydrogens (tertiary/aromatic N) is 1. The largest absolute Gasteiger partial charge is 0.409 e. The Morgan fingerprint density at radius 3 is 2.73 bits per heavy atom. The molecule has 1 aliphatic rings. The van der Waals surface area contributed by atoms with Gasteiger partial charge in [-0.25, -0.2) is 0 Å². The van der Waals surface area contributed by atoms with Crippen LogP contribution in [0.1, 0.15) is 39.0 Å². The number of hydrogen-bond acceptors (Lipinski definition) is 3. The Morgan fingerprint density at radius 1 is 1.67 bits per heavy atom. The molecule has 0 heterocycles. The molecule has 5 nitrogen and oxygen atoms in total. The number of hydrogen-bond donors (Lipinski definition) is 3. The maximum Gasteiger partial charge on any atom is 0.223 e. The van der Waals surface area contributed by atoms with E-state index in [1.54, 1.807) is 0 Å². The fourth-order valence-corrected chi connectivity index (χ4v) is 1.61. The molecule has 4 N–H and O–H groups in total. The molecule has 0 radical (unpaired) electrons. The van der Waals surface area contributed by atoms with Gasteiger partial charge >= 0.3 is 0 Å². The number of oxime groups is 1. The van der Waals surface area contributed by atoms with E-state index in [-0.39, 0.29) is 23.7 Å². The molecule has 1 saturated carbocycles. The second-order valence-corrected chi connectivity index (χ2v) is 4.00. The van der Waals surface area contributed by atoms with Gasteiger partial charge in [0, 0.05) is 5.92 Å². The van der Waals surface area contributed by atoms with Crippen LogP contribution < -0.4 is 11.1 Å². The van der Waals surface area contributed by atoms with Crippen LogP contribution in [0.25, 0.3) is 0 Å². The predicted molar refractivity (Wildman–Crippen MR) is 57.6 cm³/mol. The smallest absolute Gasteiger partial charge is 0.223 e. The summed E-state index contributed by atoms with van der Waals surface area (Å²) in [5, 5.41) is 14.3. The van der Waals surface area contributed by atoms with Crippen LogP contribution in [-0.4, -0.2) is 23.0 Å². The van der Waals surface area contributed by atoms with Crippen molar-refractivity contribution in [2.24, 2.45) is 16.8 Å². The van der Waals surface area contributed by atoms with Crippen molar-refractivity contribution in [3.8, 4) is 0 Å². The van der Waals surface area contributed by atoms with Crippen molar-refractivity contribution < 1.29 is 10.0 Å². The molecule has 0 aliphatic heterocycles. The third-order valence-electron chi connectivity index (χ3n) is 2.84. The summed E-state index contributed by atoms with van der Waals surface area (Å²) in [6, 6.07) is -0.326. The predicted octanol–water partition coefficient (Wildman–Crippen LogP) is 0.818. The fraction of sp³-hybridized carbons (Fsp3) is 0.800. The van der Waals surface area contributed by atoms with Crippen LogP contribution >= 0.6 is 0 Å². The van der Waals surface area contributed by atoms with Crippen LogP contribution in [0.4, 0.5) is 0 Å². The van der Waals surface area contributed by atoms with Gasteiger partial charge in [0.2, 0.25) is 5.91 Å². The first-order chi connectivity index (χ1) is 7.19. The Bertz CT molecular complexity index is 249. The van der Waals surface area contributed by atoms with E-state index in [0.29, 0.717) is 6.42 Å². The van der Waals surface area contributed by atoms with E-state index >= 15 is 0 Å². The molecule has 0 spiro atoms. The highest BCUT2D eigenvalue weighted by Crippen LogP contribution is 2.26. The number of nitrogens with one attached hydrogen (secondary N) is 1. The molecule has 5 heteroatoms. The molecule has 1 fully saturated rings. The average molecular weight is 213 g/mol. The van der Waals surface area contributed by atoms with E-state index in [1.165, 1.54) is 0 Å². The van der Waals surface area contributed by atoms with Crippen molar-refractivity contribution in [3.05, 3.63) is 0 Å². The normalized spacial score (nSPS) is 19.4. The highest BCUT2D eigenvalue weighted by molar-refractivity contribution is 5.90. The summed E-state index contributed by atoms with van der Waals surface area (Å²) in [6.45, 7) is 1.99. The lowest BCUT2D eigenvalue weighted by atomic mass is 9.84. The van der Waals surface area contributed by atoms with Gasteiger partial charge in [-0.05, 0) is 19.3 Å². The zero-order chi connectivity index (χ0) is 11.3. The van der Waals surface area contributed by atoms with Gasteiger partial charge in [0.15, 0.2) is 5.84 Å². The number of rotatable bonds is 5. The molecule has 0 aromatic heterocycles. The third kappa shape index (κ3) is 3.11. The number of amidine groups is 1. The summed E-state index contributed by atoms with van der Waals surface area (Å²) >= 11 is 0. The van der Waals surface area contributed by atoms with E-state index in [2.05, 4.69) is 10.5 Å². The lowest BCUT2D eigenvalue weighted by Gasteiger charge is -2.26. The van der Waals surface area contributed by atoms with Gasteiger partial charge in [-0.1, -0.05) is 24.9 Å². The van der Waals surface area contributed by atoms with Gasteiger partial charge in [0.25, 0.3) is 0 Å². The molecule has 1 amide bonds. The number of nitrogens with two attached hydrogens (primary N) is 1. The molecule has 1 unspecified atom stereocenters. The summed E-state index contributed by atoms with van der Waals surface area (Å²) in [6.07, 6.45) is 4.63. The van der Waals surface area contributed by atoms with E-state index in [0.717, 1.165) is 25.7 Å². The van der Waals surface area contributed by atoms with Crippen LogP contribution in [0, 0.1) is 5.92 Å². The molecule has 0 aromatic carbocycles. The summed E-state index contributed by atoms with van der Waals surface area (Å²) in [7, 11) is 0. The van der Waals surface area contributed by atoms with Crippen molar-refractivity contribution in [1.29, 1.82) is 0 Å². The first-order valence-electron chi connectivity index (χ1n) is 5.46. The molecule has 1 atom stereocenters. The van der Waals surface area contributed by atoms with Crippen LogP contribution in [0.2, 0.25) is 0 Å². The SMILES string of the molecule is CCCC(NC(=O)C1CCC1)/C(N)=N/O. The van der Waals surface area contributed by atoms with Crippen molar-refractivity contribution >= 4 is 11.7 Å². The monoisotopic (exact) mass is 213 g/mol. The highest BCUT2D eigenvalue weighted by atomic mass is 16.4. The Balaban J connectivity index is 2.45. The summed E-state index contributed by atoms with van der Waals surface area (Å²) in [5.74, 6) is 0.256. The Hall–Kier alpha value is -1.26. The zero-order valence-electron chi connectivity index (χ0n) is 9.07. The van der Waals surface area contributed by atoms with Crippen LogP contribution in [0.15, 0.2) is 5.16 Å². The Labute approximate surface area is 89.7 Å². The van der Waals surface area contributed by atoms with Crippen LogP contribution in [0.5, 0.6) is 0 Å². The van der Waals surface area contributed by atoms with Gasteiger partial charge in [-0.3, -0.25) is 4.79 Å². The molecule has 0 bridgehead atoms. The van der Waals surface area contributed by atoms with Crippen molar-refractivity contribution in [3.63, 3.8) is 0 Å². The number of amides is 1. The van der Waals surface area contributed by atoms with Gasteiger partial charge in [0.1, 0.15) is 0 Å². The van der Waals surface area contributed by atoms with E-state index in [1.807, 2.05) is 6.92 Å². The third-order valence-corrected chi connectivity index (χ3v) is 2.84. The van der Waals surface area contributed by atoms with Gasteiger partial charge in [-0.2, -0.15) is 0 Å². The van der Waals surface area contributed by atoms with Gasteiger partial charge in [-0.15, -0.1) is 0 Å². The molecule has 0 saturated heterocycles. The molecular weight excluding hydrogens is 194 g/mol. The first-order valence-corrected chi connectivity index (χ1v) is 5.46. The topological polar surface area (TPSA) is 87.7 Å². The highest BCUT2D eigenvalue weighted by Gasteiger charge is 2.27. The zero-order valence-corrected chi connectivity index (χ0v) is 9.07.